The van der Waals surface area contributed by atoms with Crippen molar-refractivity contribution in [2.24, 2.45) is 17.8 Å². The molecule has 1 saturated carbocycles. The number of benzene rings is 1. The summed E-state index contributed by atoms with van der Waals surface area (Å²) < 4.78 is 0. The number of hydrogen-bond donors (Lipinski definition) is 3. The van der Waals surface area contributed by atoms with E-state index in [1.807, 2.05) is 24.3 Å². The largest absolute Gasteiger partial charge is 0.341 e. The molecule has 172 valence electrons. The van der Waals surface area contributed by atoms with Crippen LogP contribution in [0.2, 0.25) is 0 Å². The van der Waals surface area contributed by atoms with Crippen molar-refractivity contribution >= 4 is 5.95 Å². The topological polar surface area (TPSA) is 88.9 Å². The molecule has 3 saturated heterocycles. The van der Waals surface area contributed by atoms with Gasteiger partial charge in [0.1, 0.15) is 0 Å². The average molecular weight is 444 g/mol. The zero-order valence-corrected chi connectivity index (χ0v) is 19.1. The number of hydrazine groups is 1. The molecule has 4 heterocycles. The second kappa shape index (κ2) is 9.02. The minimum Gasteiger partial charge on any atom is -0.341 e. The van der Waals surface area contributed by atoms with Gasteiger partial charge in [0.05, 0.1) is 17.3 Å². The molecule has 0 amide bonds. The quantitative estimate of drug-likeness (QED) is 0.672. The van der Waals surface area contributed by atoms with Crippen LogP contribution >= 0.6 is 0 Å². The lowest BCUT2D eigenvalue weighted by atomic mass is 9.76. The third-order valence-electron chi connectivity index (χ3n) is 8.48. The van der Waals surface area contributed by atoms with E-state index in [1.54, 1.807) is 0 Å². The standard InChI is InChI=1S/C26H33N7/c27-12-17-1-3-18(4-2-17)25-23(19-5-6-22-15-30-32-24(22)11-19)16-29-26(31-25)33-9-7-20-13-28-14-21(20)8-10-33/h1-4,16,19-22,24,28,30,32H,5-11,13-15H2. The Balaban J connectivity index is 1.32. The summed E-state index contributed by atoms with van der Waals surface area (Å²) >= 11 is 0. The minimum atomic E-state index is 0.452. The van der Waals surface area contributed by atoms with E-state index in [9.17, 15) is 5.26 Å². The summed E-state index contributed by atoms with van der Waals surface area (Å²) in [6.45, 7) is 5.43. The Morgan fingerprint density at radius 3 is 2.48 bits per heavy atom. The maximum absolute atomic E-state index is 9.25. The first-order valence-electron chi connectivity index (χ1n) is 12.6. The summed E-state index contributed by atoms with van der Waals surface area (Å²) in [6.07, 6.45) is 8.04. The molecule has 3 aliphatic heterocycles. The molecular formula is C26H33N7. The fourth-order valence-electron chi connectivity index (χ4n) is 6.44. The molecule has 0 bridgehead atoms. The first-order valence-corrected chi connectivity index (χ1v) is 12.6. The van der Waals surface area contributed by atoms with E-state index in [-0.39, 0.29) is 0 Å². The molecule has 6 rings (SSSR count). The van der Waals surface area contributed by atoms with Crippen LogP contribution in [0.5, 0.6) is 0 Å². The van der Waals surface area contributed by atoms with Crippen LogP contribution in [0, 0.1) is 29.1 Å². The van der Waals surface area contributed by atoms with E-state index in [4.69, 9.17) is 9.97 Å². The van der Waals surface area contributed by atoms with Gasteiger partial charge in [0, 0.05) is 43.0 Å². The molecule has 3 N–H and O–H groups in total. The van der Waals surface area contributed by atoms with Crippen molar-refractivity contribution in [3.8, 4) is 17.3 Å². The van der Waals surface area contributed by atoms with Crippen molar-refractivity contribution in [3.63, 3.8) is 0 Å². The van der Waals surface area contributed by atoms with Gasteiger partial charge in [-0.25, -0.2) is 9.97 Å². The first-order chi connectivity index (χ1) is 16.3. The fourth-order valence-corrected chi connectivity index (χ4v) is 6.44. The Labute approximate surface area is 196 Å². The second-order valence-electron chi connectivity index (χ2n) is 10.3. The predicted octanol–water partition coefficient (Wildman–Crippen LogP) is 2.81. The van der Waals surface area contributed by atoms with E-state index < -0.39 is 0 Å². The molecule has 2 aromatic rings. The molecule has 1 aliphatic carbocycles. The molecule has 4 fully saturated rings. The lowest BCUT2D eigenvalue weighted by molar-refractivity contribution is 0.303. The molecule has 1 aromatic heterocycles. The summed E-state index contributed by atoms with van der Waals surface area (Å²) in [7, 11) is 0. The summed E-state index contributed by atoms with van der Waals surface area (Å²) in [5, 5.41) is 12.8. The first kappa shape index (κ1) is 21.0. The number of nitrogens with one attached hydrogen (secondary N) is 3. The normalized spacial score (nSPS) is 31.5. The molecule has 7 nitrogen and oxygen atoms in total. The number of aromatic nitrogens is 2. The smallest absolute Gasteiger partial charge is 0.225 e. The molecule has 0 spiro atoms. The van der Waals surface area contributed by atoms with Gasteiger partial charge in [-0.2, -0.15) is 5.26 Å². The van der Waals surface area contributed by atoms with Gasteiger partial charge in [0.2, 0.25) is 5.95 Å². The Bertz CT molecular complexity index is 1020. The molecule has 7 heteroatoms. The molecule has 5 atom stereocenters. The zero-order valence-electron chi connectivity index (χ0n) is 19.1. The third kappa shape index (κ3) is 4.12. The number of hydrogen-bond acceptors (Lipinski definition) is 7. The molecule has 5 unspecified atom stereocenters. The third-order valence-corrected chi connectivity index (χ3v) is 8.48. The average Bonchev–Trinajstić information content (AvgIpc) is 3.48. The van der Waals surface area contributed by atoms with Gasteiger partial charge in [-0.15, -0.1) is 0 Å². The summed E-state index contributed by atoms with van der Waals surface area (Å²) in [5.41, 5.74) is 10.9. The molecule has 33 heavy (non-hydrogen) atoms. The molecular weight excluding hydrogens is 410 g/mol. The Hall–Kier alpha value is -2.53. The molecule has 0 radical (unpaired) electrons. The van der Waals surface area contributed by atoms with Crippen LogP contribution in [0.4, 0.5) is 5.95 Å². The van der Waals surface area contributed by atoms with Gasteiger partial charge in [-0.3, -0.25) is 10.9 Å². The van der Waals surface area contributed by atoms with Crippen LogP contribution in [0.25, 0.3) is 11.3 Å². The molecule has 4 aliphatic rings. The lowest BCUT2D eigenvalue weighted by Gasteiger charge is -2.32. The van der Waals surface area contributed by atoms with Gasteiger partial charge >= 0.3 is 0 Å². The second-order valence-corrected chi connectivity index (χ2v) is 10.3. The van der Waals surface area contributed by atoms with Crippen LogP contribution in [0.1, 0.15) is 49.1 Å². The summed E-state index contributed by atoms with van der Waals surface area (Å²) in [4.78, 5) is 12.5. The van der Waals surface area contributed by atoms with E-state index in [1.165, 1.54) is 31.2 Å². The zero-order chi connectivity index (χ0) is 22.2. The number of fused-ring (bicyclic) bond motifs is 2. The highest BCUT2D eigenvalue weighted by molar-refractivity contribution is 5.66. The predicted molar refractivity (Wildman–Crippen MR) is 128 cm³/mol. The number of rotatable bonds is 3. The van der Waals surface area contributed by atoms with Crippen LogP contribution in [-0.4, -0.2) is 48.7 Å². The van der Waals surface area contributed by atoms with Crippen LogP contribution < -0.4 is 21.1 Å². The lowest BCUT2D eigenvalue weighted by Crippen LogP contribution is -2.35. The van der Waals surface area contributed by atoms with E-state index in [0.29, 0.717) is 17.5 Å². The highest BCUT2D eigenvalue weighted by atomic mass is 15.4. The SMILES string of the molecule is N#Cc1ccc(-c2nc(N3CCC4CNCC4CC3)ncc2C2CCC3CNNC3C2)cc1. The summed E-state index contributed by atoms with van der Waals surface area (Å²) in [6, 6.07) is 10.7. The van der Waals surface area contributed by atoms with Crippen molar-refractivity contribution in [2.45, 2.75) is 44.1 Å². The summed E-state index contributed by atoms with van der Waals surface area (Å²) in [5.74, 6) is 3.61. The van der Waals surface area contributed by atoms with Crippen molar-refractivity contribution < 1.29 is 0 Å². The Kier molecular flexibility index (Phi) is 5.75. The minimum absolute atomic E-state index is 0.452. The number of anilines is 1. The Morgan fingerprint density at radius 2 is 1.73 bits per heavy atom. The van der Waals surface area contributed by atoms with Crippen molar-refractivity contribution in [1.29, 1.82) is 5.26 Å². The maximum atomic E-state index is 9.25. The highest BCUT2D eigenvalue weighted by Crippen LogP contribution is 2.40. The van der Waals surface area contributed by atoms with Crippen molar-refractivity contribution in [3.05, 3.63) is 41.6 Å². The monoisotopic (exact) mass is 443 g/mol. The molecule has 1 aromatic carbocycles. The number of nitrogens with zero attached hydrogens (tertiary/aromatic N) is 4. The maximum Gasteiger partial charge on any atom is 0.225 e. The van der Waals surface area contributed by atoms with E-state index in [2.05, 4.69) is 33.3 Å². The van der Waals surface area contributed by atoms with Gasteiger partial charge in [-0.1, -0.05) is 12.1 Å². The van der Waals surface area contributed by atoms with Crippen molar-refractivity contribution in [1.82, 2.24) is 26.1 Å². The fraction of sp³-hybridized carbons (Fsp3) is 0.577. The van der Waals surface area contributed by atoms with Gasteiger partial charge in [-0.05, 0) is 81.0 Å². The number of nitriles is 1. The van der Waals surface area contributed by atoms with Crippen LogP contribution in [0.3, 0.4) is 0 Å². The van der Waals surface area contributed by atoms with Crippen molar-refractivity contribution in [2.75, 3.05) is 37.6 Å². The van der Waals surface area contributed by atoms with E-state index >= 15 is 0 Å². The Morgan fingerprint density at radius 1 is 0.939 bits per heavy atom. The highest BCUT2D eigenvalue weighted by Gasteiger charge is 2.36. The van der Waals surface area contributed by atoms with Crippen LogP contribution in [0.15, 0.2) is 30.5 Å². The van der Waals surface area contributed by atoms with Gasteiger partial charge in [0.25, 0.3) is 0 Å². The van der Waals surface area contributed by atoms with Crippen LogP contribution in [-0.2, 0) is 0 Å². The van der Waals surface area contributed by atoms with E-state index in [0.717, 1.165) is 74.1 Å². The van der Waals surface area contributed by atoms with Gasteiger partial charge in [0.15, 0.2) is 0 Å². The van der Waals surface area contributed by atoms with Gasteiger partial charge < -0.3 is 10.2 Å².